The summed E-state index contributed by atoms with van der Waals surface area (Å²) in [5, 5.41) is 0. The molecule has 0 saturated carbocycles. The van der Waals surface area contributed by atoms with Gasteiger partial charge in [-0.2, -0.15) is 11.1 Å². The molecule has 0 saturated heterocycles. The van der Waals surface area contributed by atoms with Crippen molar-refractivity contribution in [3.05, 3.63) is 0 Å². The predicted molar refractivity (Wildman–Crippen MR) is 32.6 cm³/mol. The van der Waals surface area contributed by atoms with Crippen molar-refractivity contribution >= 4 is 19.2 Å². The molecule has 6 heavy (non-hydrogen) atoms. The minimum absolute atomic E-state index is 0.413. The summed E-state index contributed by atoms with van der Waals surface area (Å²) in [6.07, 6.45) is 1.24. The summed E-state index contributed by atoms with van der Waals surface area (Å²) >= 11 is 5.68. The van der Waals surface area contributed by atoms with Crippen LogP contribution in [0.5, 0.6) is 0 Å². The van der Waals surface area contributed by atoms with Crippen molar-refractivity contribution in [2.24, 2.45) is 0 Å². The molecular weight excluding hydrogens is 112 g/mol. The SMILES string of the molecule is CCC[Si](C)Cl. The maximum atomic E-state index is 5.68. The highest BCUT2D eigenvalue weighted by atomic mass is 35.6. The lowest BCUT2D eigenvalue weighted by atomic mass is 10.6. The molecule has 0 nitrogen and oxygen atoms in total. The maximum absolute atomic E-state index is 5.68. The minimum atomic E-state index is -0.413. The zero-order valence-corrected chi connectivity index (χ0v) is 6.05. The van der Waals surface area contributed by atoms with Crippen LogP contribution in [0.2, 0.25) is 12.6 Å². The average Bonchev–Trinajstić information content (AvgIpc) is 1.35. The van der Waals surface area contributed by atoms with Gasteiger partial charge in [-0.1, -0.05) is 19.9 Å². The number of hydrogen-bond acceptors (Lipinski definition) is 0. The zero-order valence-electron chi connectivity index (χ0n) is 4.29. The van der Waals surface area contributed by atoms with Crippen LogP contribution in [0, 0.1) is 0 Å². The van der Waals surface area contributed by atoms with Gasteiger partial charge in [-0.3, -0.25) is 0 Å². The van der Waals surface area contributed by atoms with Gasteiger partial charge >= 0.3 is 0 Å². The first-order valence-corrected chi connectivity index (χ1v) is 5.47. The highest BCUT2D eigenvalue weighted by molar-refractivity contribution is 7.06. The second-order valence-electron chi connectivity index (χ2n) is 1.43. The van der Waals surface area contributed by atoms with Crippen molar-refractivity contribution < 1.29 is 0 Å². The minimum Gasteiger partial charge on any atom is -0.169 e. The first-order chi connectivity index (χ1) is 2.77. The summed E-state index contributed by atoms with van der Waals surface area (Å²) in [6, 6.07) is 1.24. The van der Waals surface area contributed by atoms with E-state index in [4.69, 9.17) is 11.1 Å². The van der Waals surface area contributed by atoms with Gasteiger partial charge in [-0.15, -0.1) is 0 Å². The molecular formula is C4H10ClSi. The fraction of sp³-hybridized carbons (Fsp3) is 1.00. The van der Waals surface area contributed by atoms with Crippen LogP contribution >= 0.6 is 11.1 Å². The van der Waals surface area contributed by atoms with E-state index in [1.165, 1.54) is 12.5 Å². The molecule has 0 aliphatic rings. The molecule has 0 fully saturated rings. The predicted octanol–water partition coefficient (Wildman–Crippen LogP) is 2.26. The van der Waals surface area contributed by atoms with E-state index in [1.54, 1.807) is 0 Å². The normalized spacial score (nSPS) is 10.0. The van der Waals surface area contributed by atoms with Gasteiger partial charge in [0.1, 0.15) is 0 Å². The molecule has 1 radical (unpaired) electrons. The van der Waals surface area contributed by atoms with Crippen LogP contribution in [0.15, 0.2) is 0 Å². The Balaban J connectivity index is 2.63. The molecule has 0 aliphatic carbocycles. The van der Waals surface area contributed by atoms with Crippen LogP contribution in [-0.2, 0) is 0 Å². The third kappa shape index (κ3) is 4.51. The topological polar surface area (TPSA) is 0 Å². The first kappa shape index (κ1) is 6.51. The van der Waals surface area contributed by atoms with E-state index in [0.29, 0.717) is 0 Å². The van der Waals surface area contributed by atoms with Crippen molar-refractivity contribution in [3.8, 4) is 0 Å². The highest BCUT2D eigenvalue weighted by Crippen LogP contribution is 1.98. The Morgan fingerprint density at radius 2 is 2.17 bits per heavy atom. The molecule has 37 valence electrons. The Labute approximate surface area is 45.8 Å². The third-order valence-corrected chi connectivity index (χ3v) is 2.35. The standard InChI is InChI=1S/C4H10ClSi/c1-3-4-6(2)5/h3-4H2,1-2H3. The van der Waals surface area contributed by atoms with Crippen LogP contribution in [0.4, 0.5) is 0 Å². The summed E-state index contributed by atoms with van der Waals surface area (Å²) in [6.45, 7) is 4.28. The molecule has 0 N–H and O–H groups in total. The van der Waals surface area contributed by atoms with E-state index in [-0.39, 0.29) is 0 Å². The summed E-state index contributed by atoms with van der Waals surface area (Å²) in [7, 11) is -0.413. The lowest BCUT2D eigenvalue weighted by Gasteiger charge is -1.89. The first-order valence-electron chi connectivity index (χ1n) is 2.25. The highest BCUT2D eigenvalue weighted by Gasteiger charge is 1.92. The van der Waals surface area contributed by atoms with E-state index in [9.17, 15) is 0 Å². The summed E-state index contributed by atoms with van der Waals surface area (Å²) in [5.74, 6) is 0. The number of hydrogen-bond donors (Lipinski definition) is 0. The molecule has 0 aromatic heterocycles. The molecule has 0 unspecified atom stereocenters. The van der Waals surface area contributed by atoms with Crippen LogP contribution in [0.1, 0.15) is 13.3 Å². The number of rotatable bonds is 2. The maximum Gasteiger partial charge on any atom is 0.162 e. The largest absolute Gasteiger partial charge is 0.169 e. The van der Waals surface area contributed by atoms with E-state index < -0.39 is 8.11 Å². The lowest BCUT2D eigenvalue weighted by molar-refractivity contribution is 1.07. The van der Waals surface area contributed by atoms with Gasteiger partial charge in [0, 0.05) is 0 Å². The van der Waals surface area contributed by atoms with Gasteiger partial charge in [0.25, 0.3) is 0 Å². The molecule has 0 aromatic carbocycles. The average molecular weight is 122 g/mol. The van der Waals surface area contributed by atoms with Gasteiger partial charge < -0.3 is 0 Å². The van der Waals surface area contributed by atoms with E-state index in [2.05, 4.69) is 13.5 Å². The Bertz CT molecular complexity index is 28.7. The van der Waals surface area contributed by atoms with Gasteiger partial charge in [-0.25, -0.2) is 0 Å². The molecule has 2 heteroatoms. The molecule has 0 heterocycles. The molecule has 0 aromatic rings. The van der Waals surface area contributed by atoms with Crippen molar-refractivity contribution in [2.75, 3.05) is 0 Å². The zero-order chi connectivity index (χ0) is 4.99. The van der Waals surface area contributed by atoms with Crippen molar-refractivity contribution in [1.82, 2.24) is 0 Å². The fourth-order valence-corrected chi connectivity index (χ4v) is 1.60. The Morgan fingerprint density at radius 1 is 1.67 bits per heavy atom. The second-order valence-corrected chi connectivity index (χ2v) is 5.21. The summed E-state index contributed by atoms with van der Waals surface area (Å²) in [5.41, 5.74) is 0. The van der Waals surface area contributed by atoms with Crippen LogP contribution in [-0.4, -0.2) is 8.11 Å². The Kier molecular flexibility index (Phi) is 4.00. The van der Waals surface area contributed by atoms with Crippen molar-refractivity contribution in [3.63, 3.8) is 0 Å². The van der Waals surface area contributed by atoms with Crippen LogP contribution in [0.3, 0.4) is 0 Å². The van der Waals surface area contributed by atoms with E-state index in [1.807, 2.05) is 0 Å². The van der Waals surface area contributed by atoms with Crippen LogP contribution < -0.4 is 0 Å². The number of halogens is 1. The lowest BCUT2D eigenvalue weighted by Crippen LogP contribution is -1.91. The molecule has 0 atom stereocenters. The van der Waals surface area contributed by atoms with Crippen molar-refractivity contribution in [2.45, 2.75) is 25.9 Å². The quantitative estimate of drug-likeness (QED) is 0.389. The van der Waals surface area contributed by atoms with Crippen molar-refractivity contribution in [1.29, 1.82) is 0 Å². The smallest absolute Gasteiger partial charge is 0.162 e. The van der Waals surface area contributed by atoms with Gasteiger partial charge in [0.05, 0.1) is 0 Å². The Morgan fingerprint density at radius 3 is 2.17 bits per heavy atom. The molecule has 0 spiro atoms. The monoisotopic (exact) mass is 121 g/mol. The van der Waals surface area contributed by atoms with Gasteiger partial charge in [0.2, 0.25) is 0 Å². The molecule has 0 rings (SSSR count). The van der Waals surface area contributed by atoms with E-state index in [0.717, 1.165) is 0 Å². The van der Waals surface area contributed by atoms with Crippen LogP contribution in [0.25, 0.3) is 0 Å². The molecule has 0 bridgehead atoms. The Hall–Kier alpha value is 0.507. The summed E-state index contributed by atoms with van der Waals surface area (Å²) in [4.78, 5) is 0. The molecule has 0 aliphatic heterocycles. The van der Waals surface area contributed by atoms with Gasteiger partial charge in [0.15, 0.2) is 8.11 Å². The summed E-state index contributed by atoms with van der Waals surface area (Å²) < 4.78 is 0. The third-order valence-electron chi connectivity index (χ3n) is 0.594. The molecule has 0 amide bonds. The fourth-order valence-electron chi connectivity index (χ4n) is 0.344. The van der Waals surface area contributed by atoms with Gasteiger partial charge in [-0.05, 0) is 6.04 Å². The van der Waals surface area contributed by atoms with E-state index >= 15 is 0 Å². The second kappa shape index (κ2) is 3.69.